The van der Waals surface area contributed by atoms with Crippen LogP contribution in [0.25, 0.3) is 28.2 Å². The van der Waals surface area contributed by atoms with Crippen molar-refractivity contribution in [3.05, 3.63) is 101 Å². The van der Waals surface area contributed by atoms with Gasteiger partial charge in [0.15, 0.2) is 0 Å². The van der Waals surface area contributed by atoms with Gasteiger partial charge < -0.3 is 4.90 Å². The number of fused-ring (bicyclic) bond motifs is 2. The predicted octanol–water partition coefficient (Wildman–Crippen LogP) is 4.68. The van der Waals surface area contributed by atoms with Crippen molar-refractivity contribution in [3.63, 3.8) is 0 Å². The number of carbonyl (C=O) groups excluding carboxylic acids is 1. The molecule has 1 aliphatic heterocycles. The van der Waals surface area contributed by atoms with Crippen molar-refractivity contribution < 1.29 is 4.79 Å². The van der Waals surface area contributed by atoms with Gasteiger partial charge in [-0.05, 0) is 42.8 Å². The molecule has 0 atom stereocenters. The van der Waals surface area contributed by atoms with Gasteiger partial charge in [0.1, 0.15) is 5.82 Å². The fraction of sp³-hybridized carbons (Fsp3) is 0.115. The van der Waals surface area contributed by atoms with Gasteiger partial charge >= 0.3 is 0 Å². The minimum atomic E-state index is -0.159. The third-order valence-corrected chi connectivity index (χ3v) is 5.50. The molecule has 0 bridgehead atoms. The number of para-hydroxylation sites is 3. The topological polar surface area (TPSA) is 55.2 Å². The van der Waals surface area contributed by atoms with E-state index in [1.165, 1.54) is 0 Å². The second kappa shape index (κ2) is 7.69. The molecule has 1 amide bonds. The standard InChI is InChI=1S/C26H21N3O2/c1-2-16-28-23-15-9-7-12-19(23)21(25(28)30)17-24-27-22-14-8-6-13-20(22)26(31)29(24)18-10-4-3-5-11-18/h3-15,17H,2,16H2,1H3/b21-17-. The van der Waals surface area contributed by atoms with E-state index in [2.05, 4.69) is 6.92 Å². The lowest BCUT2D eigenvalue weighted by Crippen LogP contribution is -2.27. The third kappa shape index (κ3) is 3.15. The fourth-order valence-corrected chi connectivity index (χ4v) is 4.09. The number of anilines is 1. The number of rotatable bonds is 4. The zero-order valence-corrected chi connectivity index (χ0v) is 17.2. The number of hydrogen-bond acceptors (Lipinski definition) is 3. The van der Waals surface area contributed by atoms with E-state index in [0.29, 0.717) is 34.5 Å². The van der Waals surface area contributed by atoms with Crippen LogP contribution >= 0.6 is 0 Å². The van der Waals surface area contributed by atoms with E-state index in [0.717, 1.165) is 17.7 Å². The SMILES string of the molecule is CCCN1C(=O)/C(=C\c2nc3ccccc3c(=O)n2-c2ccccc2)c2ccccc21. The lowest BCUT2D eigenvalue weighted by Gasteiger charge is -2.15. The van der Waals surface area contributed by atoms with Crippen LogP contribution in [0.4, 0.5) is 5.69 Å². The predicted molar refractivity (Wildman–Crippen MR) is 124 cm³/mol. The van der Waals surface area contributed by atoms with Crippen LogP contribution in [-0.2, 0) is 4.79 Å². The molecule has 3 aromatic carbocycles. The first kappa shape index (κ1) is 19.0. The Morgan fingerprint density at radius 1 is 0.871 bits per heavy atom. The average molecular weight is 407 g/mol. The zero-order chi connectivity index (χ0) is 21.4. The van der Waals surface area contributed by atoms with Gasteiger partial charge in [0.05, 0.1) is 27.9 Å². The van der Waals surface area contributed by atoms with Gasteiger partial charge in [0.25, 0.3) is 11.5 Å². The van der Waals surface area contributed by atoms with E-state index < -0.39 is 0 Å². The first-order valence-corrected chi connectivity index (χ1v) is 10.4. The first-order valence-electron chi connectivity index (χ1n) is 10.4. The summed E-state index contributed by atoms with van der Waals surface area (Å²) in [5.74, 6) is 0.372. The van der Waals surface area contributed by atoms with E-state index in [-0.39, 0.29) is 11.5 Å². The number of benzene rings is 3. The molecule has 1 aromatic heterocycles. The zero-order valence-electron chi connectivity index (χ0n) is 17.2. The lowest BCUT2D eigenvalue weighted by molar-refractivity contribution is -0.113. The average Bonchev–Trinajstić information content (AvgIpc) is 3.06. The summed E-state index contributed by atoms with van der Waals surface area (Å²) in [6.07, 6.45) is 2.61. The van der Waals surface area contributed by atoms with E-state index >= 15 is 0 Å². The summed E-state index contributed by atoms with van der Waals surface area (Å²) in [6.45, 7) is 2.69. The maximum absolute atomic E-state index is 13.4. The summed E-state index contributed by atoms with van der Waals surface area (Å²) in [7, 11) is 0. The molecular formula is C26H21N3O2. The van der Waals surface area contributed by atoms with Crippen molar-refractivity contribution in [3.8, 4) is 5.69 Å². The number of aromatic nitrogens is 2. The van der Waals surface area contributed by atoms with Crippen LogP contribution in [0, 0.1) is 0 Å². The second-order valence-electron chi connectivity index (χ2n) is 7.50. The van der Waals surface area contributed by atoms with Gasteiger partial charge in [-0.3, -0.25) is 14.2 Å². The van der Waals surface area contributed by atoms with Gasteiger partial charge in [-0.25, -0.2) is 4.98 Å². The summed E-state index contributed by atoms with van der Waals surface area (Å²) < 4.78 is 1.58. The molecule has 0 unspecified atom stereocenters. The Labute approximate surface area is 179 Å². The summed E-state index contributed by atoms with van der Waals surface area (Å²) in [4.78, 5) is 33.3. The Morgan fingerprint density at radius 2 is 1.58 bits per heavy atom. The van der Waals surface area contributed by atoms with E-state index in [9.17, 15) is 9.59 Å². The van der Waals surface area contributed by atoms with Gasteiger partial charge in [-0.15, -0.1) is 0 Å². The molecule has 4 aromatic rings. The van der Waals surface area contributed by atoms with Crippen LogP contribution in [0.15, 0.2) is 83.7 Å². The molecule has 0 spiro atoms. The van der Waals surface area contributed by atoms with Crippen molar-refractivity contribution in [2.45, 2.75) is 13.3 Å². The van der Waals surface area contributed by atoms with Gasteiger partial charge in [0, 0.05) is 12.1 Å². The van der Waals surface area contributed by atoms with Crippen molar-refractivity contribution in [1.29, 1.82) is 0 Å². The van der Waals surface area contributed by atoms with Crippen molar-refractivity contribution in [2.24, 2.45) is 0 Å². The lowest BCUT2D eigenvalue weighted by atomic mass is 10.1. The monoisotopic (exact) mass is 407 g/mol. The summed E-state index contributed by atoms with van der Waals surface area (Å²) in [6, 6.07) is 24.5. The molecule has 0 aliphatic carbocycles. The normalized spacial score (nSPS) is 14.4. The second-order valence-corrected chi connectivity index (χ2v) is 7.50. The molecule has 0 radical (unpaired) electrons. The van der Waals surface area contributed by atoms with Crippen molar-refractivity contribution in [2.75, 3.05) is 11.4 Å². The number of hydrogen-bond donors (Lipinski definition) is 0. The van der Waals surface area contributed by atoms with Gasteiger partial charge in [-0.1, -0.05) is 55.5 Å². The summed E-state index contributed by atoms with van der Waals surface area (Å²) in [5, 5.41) is 0.541. The van der Waals surface area contributed by atoms with Crippen LogP contribution in [-0.4, -0.2) is 22.0 Å². The third-order valence-electron chi connectivity index (χ3n) is 5.50. The molecule has 0 saturated heterocycles. The largest absolute Gasteiger partial charge is 0.308 e. The van der Waals surface area contributed by atoms with Crippen molar-refractivity contribution in [1.82, 2.24) is 9.55 Å². The highest BCUT2D eigenvalue weighted by Crippen LogP contribution is 2.37. The molecule has 2 heterocycles. The highest BCUT2D eigenvalue weighted by Gasteiger charge is 2.31. The van der Waals surface area contributed by atoms with Crippen LogP contribution in [0.5, 0.6) is 0 Å². The molecule has 5 heteroatoms. The molecule has 0 N–H and O–H groups in total. The minimum Gasteiger partial charge on any atom is -0.308 e. The van der Waals surface area contributed by atoms with Crippen LogP contribution in [0.2, 0.25) is 0 Å². The number of amides is 1. The molecule has 31 heavy (non-hydrogen) atoms. The van der Waals surface area contributed by atoms with Crippen LogP contribution < -0.4 is 10.5 Å². The molecular weight excluding hydrogens is 386 g/mol. The highest BCUT2D eigenvalue weighted by molar-refractivity contribution is 6.35. The maximum atomic E-state index is 13.4. The summed E-state index contributed by atoms with van der Waals surface area (Å²) >= 11 is 0. The van der Waals surface area contributed by atoms with Gasteiger partial charge in [-0.2, -0.15) is 0 Å². The highest BCUT2D eigenvalue weighted by atomic mass is 16.2. The Morgan fingerprint density at radius 3 is 2.39 bits per heavy atom. The maximum Gasteiger partial charge on any atom is 0.266 e. The number of carbonyl (C=O) groups is 1. The Kier molecular flexibility index (Phi) is 4.71. The molecule has 0 saturated carbocycles. The smallest absolute Gasteiger partial charge is 0.266 e. The molecule has 5 rings (SSSR count). The minimum absolute atomic E-state index is 0.0648. The molecule has 152 valence electrons. The summed E-state index contributed by atoms with van der Waals surface area (Å²) in [5.41, 5.74) is 3.47. The number of nitrogens with zero attached hydrogens (tertiary/aromatic N) is 3. The Balaban J connectivity index is 1.79. The molecule has 1 aliphatic rings. The van der Waals surface area contributed by atoms with E-state index in [1.807, 2.05) is 72.8 Å². The van der Waals surface area contributed by atoms with E-state index in [1.54, 1.807) is 21.6 Å². The Hall–Kier alpha value is -3.99. The quantitative estimate of drug-likeness (QED) is 0.462. The molecule has 0 fully saturated rings. The van der Waals surface area contributed by atoms with Crippen LogP contribution in [0.3, 0.4) is 0 Å². The Bertz CT molecular complexity index is 1390. The van der Waals surface area contributed by atoms with E-state index in [4.69, 9.17) is 4.98 Å². The first-order chi connectivity index (χ1) is 15.2. The van der Waals surface area contributed by atoms with Gasteiger partial charge in [0.2, 0.25) is 0 Å². The van der Waals surface area contributed by atoms with Crippen LogP contribution in [0.1, 0.15) is 24.7 Å². The van der Waals surface area contributed by atoms with Crippen molar-refractivity contribution >= 4 is 34.1 Å². The fourth-order valence-electron chi connectivity index (χ4n) is 4.09. The molecule has 5 nitrogen and oxygen atoms in total.